The Morgan fingerprint density at radius 3 is 2.65 bits per heavy atom. The Morgan fingerprint density at radius 1 is 1.25 bits per heavy atom. The number of nitrogens with one attached hydrogen (secondary N) is 2. The molecule has 1 aromatic rings. The second-order valence-corrected chi connectivity index (χ2v) is 4.84. The van der Waals surface area contributed by atoms with Gasteiger partial charge in [-0.15, -0.1) is 0 Å². The highest BCUT2D eigenvalue weighted by atomic mass is 35.5. The van der Waals surface area contributed by atoms with E-state index in [0.29, 0.717) is 22.3 Å². The third kappa shape index (κ3) is 6.12. The van der Waals surface area contributed by atoms with Crippen LogP contribution in [-0.4, -0.2) is 25.1 Å². The number of ether oxygens (including phenoxy) is 1. The van der Waals surface area contributed by atoms with Crippen LogP contribution in [0.25, 0.3) is 0 Å². The molecule has 0 aliphatic heterocycles. The largest absolute Gasteiger partial charge is 0.484 e. The number of hydrogen-bond acceptors (Lipinski definition) is 3. The van der Waals surface area contributed by atoms with Crippen LogP contribution in [0.15, 0.2) is 18.2 Å². The van der Waals surface area contributed by atoms with Crippen molar-refractivity contribution < 1.29 is 14.3 Å². The highest BCUT2D eigenvalue weighted by molar-refractivity contribution is 6.42. The number of urea groups is 1. The van der Waals surface area contributed by atoms with Gasteiger partial charge in [-0.05, 0) is 18.6 Å². The summed E-state index contributed by atoms with van der Waals surface area (Å²) in [6, 6.07) is 4.12. The summed E-state index contributed by atoms with van der Waals surface area (Å²) >= 11 is 11.6. The minimum absolute atomic E-state index is 0.279. The van der Waals surface area contributed by atoms with Gasteiger partial charge in [0.1, 0.15) is 5.75 Å². The van der Waals surface area contributed by atoms with E-state index in [-0.39, 0.29) is 6.61 Å². The van der Waals surface area contributed by atoms with E-state index >= 15 is 0 Å². The molecule has 0 saturated heterocycles. The van der Waals surface area contributed by atoms with E-state index in [2.05, 4.69) is 10.6 Å². The highest BCUT2D eigenvalue weighted by Gasteiger charge is 2.08. The molecule has 0 heterocycles. The van der Waals surface area contributed by atoms with E-state index in [9.17, 15) is 9.59 Å². The minimum atomic E-state index is -0.537. The van der Waals surface area contributed by atoms with Crippen molar-refractivity contribution in [1.29, 1.82) is 0 Å². The number of carbonyl (C=O) groups excluding carboxylic acids is 2. The fourth-order valence-corrected chi connectivity index (χ4v) is 1.59. The molecule has 0 atom stereocenters. The Labute approximate surface area is 127 Å². The van der Waals surface area contributed by atoms with E-state index in [1.165, 1.54) is 6.07 Å². The number of carbonyl (C=O) groups is 2. The molecule has 0 radical (unpaired) electrons. The summed E-state index contributed by atoms with van der Waals surface area (Å²) in [5.41, 5.74) is 0. The second kappa shape index (κ2) is 8.66. The molecule has 1 rings (SSSR count). The van der Waals surface area contributed by atoms with Crippen molar-refractivity contribution in [3.8, 4) is 5.75 Å². The topological polar surface area (TPSA) is 67.4 Å². The molecule has 0 unspecified atom stereocenters. The number of benzene rings is 1. The van der Waals surface area contributed by atoms with Crippen LogP contribution >= 0.6 is 23.2 Å². The van der Waals surface area contributed by atoms with Crippen molar-refractivity contribution in [3.05, 3.63) is 28.2 Å². The van der Waals surface area contributed by atoms with Gasteiger partial charge in [-0.3, -0.25) is 10.1 Å². The summed E-state index contributed by atoms with van der Waals surface area (Å²) in [5.74, 6) is -0.133. The molecule has 0 aromatic heterocycles. The van der Waals surface area contributed by atoms with Crippen molar-refractivity contribution in [2.24, 2.45) is 0 Å². The van der Waals surface area contributed by atoms with Crippen LogP contribution in [0.4, 0.5) is 4.79 Å². The van der Waals surface area contributed by atoms with Crippen LogP contribution in [0.1, 0.15) is 19.8 Å². The Balaban J connectivity index is 2.32. The first-order valence-corrected chi connectivity index (χ1v) is 6.94. The smallest absolute Gasteiger partial charge is 0.321 e. The maximum atomic E-state index is 11.5. The fourth-order valence-electron chi connectivity index (χ4n) is 1.30. The fraction of sp³-hybridized carbons (Fsp3) is 0.385. The lowest BCUT2D eigenvalue weighted by molar-refractivity contribution is -0.122. The molecule has 0 aliphatic rings. The number of halogens is 2. The third-order valence-electron chi connectivity index (χ3n) is 2.33. The van der Waals surface area contributed by atoms with Gasteiger partial charge in [-0.25, -0.2) is 4.79 Å². The number of unbranched alkanes of at least 4 members (excludes halogenated alkanes) is 1. The van der Waals surface area contributed by atoms with E-state index in [4.69, 9.17) is 27.9 Å². The summed E-state index contributed by atoms with van der Waals surface area (Å²) in [6.07, 6.45) is 1.83. The predicted octanol–water partition coefficient (Wildman–Crippen LogP) is 3.00. The maximum Gasteiger partial charge on any atom is 0.321 e. The van der Waals surface area contributed by atoms with Crippen LogP contribution in [0, 0.1) is 0 Å². The summed E-state index contributed by atoms with van der Waals surface area (Å²) in [6.45, 7) is 2.26. The Morgan fingerprint density at radius 2 is 2.00 bits per heavy atom. The van der Waals surface area contributed by atoms with E-state index in [0.717, 1.165) is 12.8 Å². The molecule has 5 nitrogen and oxygen atoms in total. The molecule has 2 N–H and O–H groups in total. The lowest BCUT2D eigenvalue weighted by Gasteiger charge is -2.08. The lowest BCUT2D eigenvalue weighted by atomic mass is 10.3. The average molecular weight is 319 g/mol. The first-order valence-electron chi connectivity index (χ1n) is 6.18. The van der Waals surface area contributed by atoms with E-state index in [1.54, 1.807) is 12.1 Å². The monoisotopic (exact) mass is 318 g/mol. The Hall–Kier alpha value is -1.46. The molecule has 7 heteroatoms. The first kappa shape index (κ1) is 16.6. The molecule has 0 spiro atoms. The number of rotatable bonds is 6. The zero-order valence-corrected chi connectivity index (χ0v) is 12.6. The van der Waals surface area contributed by atoms with E-state index < -0.39 is 11.9 Å². The van der Waals surface area contributed by atoms with Gasteiger partial charge in [0.2, 0.25) is 0 Å². The van der Waals surface area contributed by atoms with Gasteiger partial charge in [-0.1, -0.05) is 36.5 Å². The summed E-state index contributed by atoms with van der Waals surface area (Å²) in [4.78, 5) is 22.8. The van der Waals surface area contributed by atoms with Crippen molar-refractivity contribution in [2.45, 2.75) is 19.8 Å². The van der Waals surface area contributed by atoms with Gasteiger partial charge in [-0.2, -0.15) is 0 Å². The molecule has 0 saturated carbocycles. The second-order valence-electron chi connectivity index (χ2n) is 4.02. The maximum absolute atomic E-state index is 11.5. The molecule has 1 aromatic carbocycles. The lowest BCUT2D eigenvalue weighted by Crippen LogP contribution is -2.41. The van der Waals surface area contributed by atoms with Crippen molar-refractivity contribution >= 4 is 35.1 Å². The quantitative estimate of drug-likeness (QED) is 0.792. The molecule has 0 bridgehead atoms. The van der Waals surface area contributed by atoms with Gasteiger partial charge >= 0.3 is 6.03 Å². The Bertz CT molecular complexity index is 481. The van der Waals surface area contributed by atoms with Gasteiger partial charge in [0.05, 0.1) is 10.0 Å². The van der Waals surface area contributed by atoms with Gasteiger partial charge in [0.25, 0.3) is 5.91 Å². The SMILES string of the molecule is CCCCNC(=O)NC(=O)COc1ccc(Cl)c(Cl)c1. The number of amides is 3. The average Bonchev–Trinajstić information content (AvgIpc) is 2.40. The molecule has 0 fully saturated rings. The third-order valence-corrected chi connectivity index (χ3v) is 3.07. The number of imide groups is 1. The van der Waals surface area contributed by atoms with Crippen molar-refractivity contribution in [2.75, 3.05) is 13.2 Å². The normalized spacial score (nSPS) is 9.95. The summed E-state index contributed by atoms with van der Waals surface area (Å²) in [5, 5.41) is 5.46. The molecular weight excluding hydrogens is 303 g/mol. The van der Waals surface area contributed by atoms with Crippen LogP contribution in [0.2, 0.25) is 10.0 Å². The van der Waals surface area contributed by atoms with Crippen molar-refractivity contribution in [1.82, 2.24) is 10.6 Å². The minimum Gasteiger partial charge on any atom is -0.484 e. The standard InChI is InChI=1S/C13H16Cl2N2O3/c1-2-3-6-16-13(19)17-12(18)8-20-9-4-5-10(14)11(15)7-9/h4-5,7H,2-3,6,8H2,1H3,(H2,16,17,18,19). The van der Waals surface area contributed by atoms with Crippen molar-refractivity contribution in [3.63, 3.8) is 0 Å². The molecule has 20 heavy (non-hydrogen) atoms. The van der Waals surface area contributed by atoms with Crippen LogP contribution in [0.3, 0.4) is 0 Å². The van der Waals surface area contributed by atoms with Gasteiger partial charge in [0.15, 0.2) is 6.61 Å². The highest BCUT2D eigenvalue weighted by Crippen LogP contribution is 2.26. The zero-order valence-electron chi connectivity index (χ0n) is 11.0. The Kier molecular flexibility index (Phi) is 7.18. The van der Waals surface area contributed by atoms with Gasteiger partial charge in [0, 0.05) is 12.6 Å². The molecule has 110 valence electrons. The first-order chi connectivity index (χ1) is 9.52. The van der Waals surface area contributed by atoms with E-state index in [1.807, 2.05) is 6.92 Å². The molecule has 3 amide bonds. The van der Waals surface area contributed by atoms with Crippen LogP contribution in [-0.2, 0) is 4.79 Å². The number of hydrogen-bond donors (Lipinski definition) is 2. The summed E-state index contributed by atoms with van der Waals surface area (Å²) < 4.78 is 5.20. The molecule has 0 aliphatic carbocycles. The van der Waals surface area contributed by atoms with Crippen LogP contribution < -0.4 is 15.4 Å². The van der Waals surface area contributed by atoms with Crippen LogP contribution in [0.5, 0.6) is 5.75 Å². The zero-order chi connectivity index (χ0) is 15.0. The molecular formula is C13H16Cl2N2O3. The van der Waals surface area contributed by atoms with Gasteiger partial charge < -0.3 is 10.1 Å². The predicted molar refractivity (Wildman–Crippen MR) is 78.4 cm³/mol. The summed E-state index contributed by atoms with van der Waals surface area (Å²) in [7, 11) is 0.